The highest BCUT2D eigenvalue weighted by Gasteiger charge is 2.57. The van der Waals surface area contributed by atoms with Gasteiger partial charge in [-0.15, -0.1) is 0 Å². The van der Waals surface area contributed by atoms with Crippen molar-refractivity contribution in [3.63, 3.8) is 0 Å². The molecule has 11 heavy (non-hydrogen) atoms. The minimum absolute atomic E-state index is 0.106. The fraction of sp³-hybridized carbons (Fsp3) is 1.00. The van der Waals surface area contributed by atoms with Gasteiger partial charge in [0.25, 0.3) is 0 Å². The summed E-state index contributed by atoms with van der Waals surface area (Å²) in [7, 11) is 0. The van der Waals surface area contributed by atoms with E-state index in [-0.39, 0.29) is 6.10 Å². The van der Waals surface area contributed by atoms with E-state index in [0.717, 1.165) is 5.92 Å². The van der Waals surface area contributed by atoms with Crippen LogP contribution in [0.1, 0.15) is 40.0 Å². The van der Waals surface area contributed by atoms with Crippen LogP contribution in [-0.2, 0) is 0 Å². The largest absolute Gasteiger partial charge is 0.393 e. The average Bonchev–Trinajstić information content (AvgIpc) is 2.00. The summed E-state index contributed by atoms with van der Waals surface area (Å²) < 4.78 is 0. The second kappa shape index (κ2) is 3.57. The van der Waals surface area contributed by atoms with Crippen LogP contribution in [0.3, 0.4) is 0 Å². The molecule has 0 spiro atoms. The molecule has 1 N–H and O–H groups in total. The zero-order valence-electron chi connectivity index (χ0n) is 7.88. The Hall–Kier alpha value is -0.0400. The van der Waals surface area contributed by atoms with Gasteiger partial charge in [-0.1, -0.05) is 33.6 Å². The van der Waals surface area contributed by atoms with E-state index in [1.165, 1.54) is 19.3 Å². The van der Waals surface area contributed by atoms with Crippen molar-refractivity contribution in [2.24, 2.45) is 17.8 Å². The number of aliphatic hydroxyl groups excluding tert-OH is 1. The standard InChI is InChI=1S/C6H10O.C4H10/c1-3-4-2-5(3)6(4)7;1-3-4-2/h3-7H,2H2,1H3;3-4H2,1-2H3. The van der Waals surface area contributed by atoms with E-state index in [1.54, 1.807) is 0 Å². The predicted octanol–water partition coefficient (Wildman–Crippen LogP) is 2.44. The van der Waals surface area contributed by atoms with E-state index in [4.69, 9.17) is 5.11 Å². The molecule has 0 heterocycles. The van der Waals surface area contributed by atoms with Crippen LogP contribution in [0.25, 0.3) is 0 Å². The van der Waals surface area contributed by atoms with Crippen molar-refractivity contribution < 1.29 is 5.11 Å². The van der Waals surface area contributed by atoms with Crippen LogP contribution in [-0.4, -0.2) is 11.2 Å². The molecule has 3 fully saturated rings. The van der Waals surface area contributed by atoms with Crippen LogP contribution in [0.4, 0.5) is 0 Å². The lowest BCUT2D eigenvalue weighted by Crippen LogP contribution is -2.62. The fourth-order valence-electron chi connectivity index (χ4n) is 1.74. The van der Waals surface area contributed by atoms with Gasteiger partial charge in [-0.25, -0.2) is 0 Å². The third-order valence-corrected chi connectivity index (χ3v) is 3.27. The Balaban J connectivity index is 0.000000134. The molecular weight excluding hydrogens is 136 g/mol. The van der Waals surface area contributed by atoms with Gasteiger partial charge >= 0.3 is 0 Å². The molecule has 3 rings (SSSR count). The van der Waals surface area contributed by atoms with Crippen molar-refractivity contribution in [2.75, 3.05) is 0 Å². The van der Waals surface area contributed by atoms with Gasteiger partial charge in [-0.2, -0.15) is 0 Å². The SMILES string of the molecule is CC1C2CC1C2O.CCCC. The van der Waals surface area contributed by atoms with Crippen LogP contribution in [0.15, 0.2) is 0 Å². The van der Waals surface area contributed by atoms with E-state index in [0.29, 0.717) is 11.8 Å². The van der Waals surface area contributed by atoms with Gasteiger partial charge in [0, 0.05) is 0 Å². The van der Waals surface area contributed by atoms with Gasteiger partial charge in [0.1, 0.15) is 0 Å². The Morgan fingerprint density at radius 3 is 1.64 bits per heavy atom. The Kier molecular flexibility index (Phi) is 2.94. The summed E-state index contributed by atoms with van der Waals surface area (Å²) in [6, 6.07) is 0. The summed E-state index contributed by atoms with van der Waals surface area (Å²) in [4.78, 5) is 0. The second-order valence-corrected chi connectivity index (χ2v) is 3.91. The molecule has 1 nitrogen and oxygen atoms in total. The van der Waals surface area contributed by atoms with E-state index in [1.807, 2.05) is 0 Å². The molecule has 1 heteroatoms. The van der Waals surface area contributed by atoms with E-state index < -0.39 is 0 Å². The Bertz CT molecular complexity index is 100. The number of hydrogen-bond acceptors (Lipinski definition) is 1. The number of unbranched alkanes of at least 4 members (excludes halogenated alkanes) is 1. The Morgan fingerprint density at radius 1 is 1.18 bits per heavy atom. The van der Waals surface area contributed by atoms with Crippen molar-refractivity contribution in [3.8, 4) is 0 Å². The molecule has 2 unspecified atom stereocenters. The summed E-state index contributed by atoms with van der Waals surface area (Å²) in [5.74, 6) is 2.25. The third kappa shape index (κ3) is 1.44. The molecule has 66 valence electrons. The lowest BCUT2D eigenvalue weighted by atomic mass is 9.46. The topological polar surface area (TPSA) is 20.2 Å². The van der Waals surface area contributed by atoms with Gasteiger partial charge in [0.2, 0.25) is 0 Å². The molecule has 3 aliphatic carbocycles. The monoisotopic (exact) mass is 156 g/mol. The summed E-state index contributed by atoms with van der Waals surface area (Å²) >= 11 is 0. The van der Waals surface area contributed by atoms with Gasteiger partial charge in [0.05, 0.1) is 6.10 Å². The van der Waals surface area contributed by atoms with Gasteiger partial charge in [-0.05, 0) is 24.2 Å². The molecule has 0 amide bonds. The maximum Gasteiger partial charge on any atom is 0.0602 e. The molecule has 0 aromatic rings. The quantitative estimate of drug-likeness (QED) is 0.618. The van der Waals surface area contributed by atoms with E-state index in [9.17, 15) is 0 Å². The summed E-state index contributed by atoms with van der Waals surface area (Å²) in [5.41, 5.74) is 0. The molecule has 0 radical (unpaired) electrons. The summed E-state index contributed by atoms with van der Waals surface area (Å²) in [6.45, 7) is 6.59. The predicted molar refractivity (Wildman–Crippen MR) is 47.3 cm³/mol. The van der Waals surface area contributed by atoms with Crippen LogP contribution < -0.4 is 0 Å². The Morgan fingerprint density at radius 2 is 1.64 bits per heavy atom. The highest BCUT2D eigenvalue weighted by molar-refractivity contribution is 5.06. The maximum atomic E-state index is 8.94. The lowest BCUT2D eigenvalue weighted by Gasteiger charge is -2.61. The van der Waals surface area contributed by atoms with Gasteiger partial charge in [-0.3, -0.25) is 0 Å². The molecule has 0 aromatic heterocycles. The highest BCUT2D eigenvalue weighted by Crippen LogP contribution is 2.58. The first kappa shape index (κ1) is 9.05. The number of hydrogen-bond donors (Lipinski definition) is 1. The smallest absolute Gasteiger partial charge is 0.0602 e. The minimum atomic E-state index is 0.106. The summed E-state index contributed by atoms with van der Waals surface area (Å²) in [6.07, 6.45) is 4.05. The van der Waals surface area contributed by atoms with Crippen molar-refractivity contribution in [1.29, 1.82) is 0 Å². The molecule has 0 aromatic carbocycles. The van der Waals surface area contributed by atoms with E-state index >= 15 is 0 Å². The molecule has 0 saturated heterocycles. The lowest BCUT2D eigenvalue weighted by molar-refractivity contribution is -0.204. The minimum Gasteiger partial charge on any atom is -0.393 e. The normalized spacial score (nSPS) is 44.7. The van der Waals surface area contributed by atoms with Gasteiger partial charge < -0.3 is 5.11 Å². The van der Waals surface area contributed by atoms with Crippen molar-refractivity contribution in [1.82, 2.24) is 0 Å². The third-order valence-electron chi connectivity index (χ3n) is 3.27. The van der Waals surface area contributed by atoms with Crippen LogP contribution in [0.5, 0.6) is 0 Å². The van der Waals surface area contributed by atoms with Crippen molar-refractivity contribution >= 4 is 0 Å². The first-order valence-corrected chi connectivity index (χ1v) is 4.90. The average molecular weight is 156 g/mol. The molecule has 3 saturated carbocycles. The summed E-state index contributed by atoms with van der Waals surface area (Å²) in [5, 5.41) is 8.94. The molecule has 2 atom stereocenters. The molecule has 3 aliphatic rings. The number of rotatable bonds is 1. The Labute approximate surface area is 69.8 Å². The molecular formula is C10H20O. The number of aliphatic hydroxyl groups is 1. The van der Waals surface area contributed by atoms with Crippen LogP contribution >= 0.6 is 0 Å². The molecule has 2 bridgehead atoms. The van der Waals surface area contributed by atoms with Crippen LogP contribution in [0.2, 0.25) is 0 Å². The maximum absolute atomic E-state index is 8.94. The molecule has 0 aliphatic heterocycles. The van der Waals surface area contributed by atoms with E-state index in [2.05, 4.69) is 20.8 Å². The van der Waals surface area contributed by atoms with Crippen LogP contribution in [0, 0.1) is 17.8 Å². The first-order chi connectivity index (χ1) is 5.22. The van der Waals surface area contributed by atoms with Gasteiger partial charge in [0.15, 0.2) is 0 Å². The highest BCUT2D eigenvalue weighted by atomic mass is 16.3. The zero-order valence-corrected chi connectivity index (χ0v) is 7.88. The first-order valence-electron chi connectivity index (χ1n) is 4.90. The van der Waals surface area contributed by atoms with Crippen molar-refractivity contribution in [2.45, 2.75) is 46.1 Å². The van der Waals surface area contributed by atoms with Crippen molar-refractivity contribution in [3.05, 3.63) is 0 Å². The zero-order chi connectivity index (χ0) is 8.43. The second-order valence-electron chi connectivity index (χ2n) is 3.91. The fourth-order valence-corrected chi connectivity index (χ4v) is 1.74.